The van der Waals surface area contributed by atoms with Crippen LogP contribution in [-0.2, 0) is 9.59 Å². The molecule has 25 heavy (non-hydrogen) atoms. The van der Waals surface area contributed by atoms with Gasteiger partial charge in [-0.1, -0.05) is 17.7 Å². The molecule has 1 aromatic rings. The molecule has 0 bridgehead atoms. The Morgan fingerprint density at radius 2 is 1.76 bits per heavy atom. The summed E-state index contributed by atoms with van der Waals surface area (Å²) in [4.78, 5) is 26.2. The van der Waals surface area contributed by atoms with E-state index in [1.807, 2.05) is 36.1 Å². The maximum Gasteiger partial charge on any atom is 0.225 e. The molecule has 5 nitrogen and oxygen atoms in total. The number of rotatable bonds is 7. The number of nitrogens with one attached hydrogen (secondary N) is 1. The Hall–Kier alpha value is -2.04. The van der Waals surface area contributed by atoms with Crippen LogP contribution in [0.5, 0.6) is 5.75 Å². The van der Waals surface area contributed by atoms with Gasteiger partial charge < -0.3 is 15.0 Å². The minimum atomic E-state index is 0.0428. The summed E-state index contributed by atoms with van der Waals surface area (Å²) in [5, 5.41) is 3.00. The van der Waals surface area contributed by atoms with Gasteiger partial charge in [0.15, 0.2) is 0 Å². The first-order chi connectivity index (χ1) is 12.1. The number of benzene rings is 1. The fourth-order valence-corrected chi connectivity index (χ4v) is 3.20. The maximum atomic E-state index is 12.2. The van der Waals surface area contributed by atoms with Crippen LogP contribution in [0.2, 0.25) is 0 Å². The van der Waals surface area contributed by atoms with Gasteiger partial charge >= 0.3 is 0 Å². The third-order valence-corrected chi connectivity index (χ3v) is 5.01. The second-order valence-electron chi connectivity index (χ2n) is 7.18. The molecular weight excluding hydrogens is 316 g/mol. The van der Waals surface area contributed by atoms with Crippen LogP contribution in [0.3, 0.4) is 0 Å². The highest BCUT2D eigenvalue weighted by Crippen LogP contribution is 2.32. The second-order valence-corrected chi connectivity index (χ2v) is 7.18. The molecule has 2 aliphatic rings. The van der Waals surface area contributed by atoms with Gasteiger partial charge in [-0.15, -0.1) is 0 Å². The predicted octanol–water partition coefficient (Wildman–Crippen LogP) is 2.53. The van der Waals surface area contributed by atoms with Crippen molar-refractivity contribution in [1.82, 2.24) is 10.2 Å². The molecule has 5 heteroatoms. The molecule has 3 rings (SSSR count). The molecule has 1 aliphatic carbocycles. The summed E-state index contributed by atoms with van der Waals surface area (Å²) >= 11 is 0. The molecule has 2 amide bonds. The fourth-order valence-electron chi connectivity index (χ4n) is 3.20. The van der Waals surface area contributed by atoms with Crippen LogP contribution >= 0.6 is 0 Å². The molecule has 1 saturated heterocycles. The Bertz CT molecular complexity index is 587. The van der Waals surface area contributed by atoms with Gasteiger partial charge in [0.05, 0.1) is 6.61 Å². The first-order valence-corrected chi connectivity index (χ1v) is 9.39. The molecule has 0 atom stereocenters. The van der Waals surface area contributed by atoms with Crippen molar-refractivity contribution in [3.05, 3.63) is 29.8 Å². The van der Waals surface area contributed by atoms with E-state index in [4.69, 9.17) is 4.74 Å². The minimum absolute atomic E-state index is 0.0428. The average molecular weight is 344 g/mol. The fraction of sp³-hybridized carbons (Fsp3) is 0.600. The average Bonchev–Trinajstić information content (AvgIpc) is 3.47. The first-order valence-electron chi connectivity index (χ1n) is 9.39. The number of ether oxygens (including phenoxy) is 1. The highest BCUT2D eigenvalue weighted by atomic mass is 16.5. The van der Waals surface area contributed by atoms with Gasteiger partial charge in [0.25, 0.3) is 0 Å². The third-order valence-electron chi connectivity index (χ3n) is 5.01. The lowest BCUT2D eigenvalue weighted by atomic mass is 9.95. The van der Waals surface area contributed by atoms with Crippen LogP contribution in [-0.4, -0.2) is 43.0 Å². The Balaban J connectivity index is 1.28. The first kappa shape index (κ1) is 17.8. The molecule has 2 fully saturated rings. The quantitative estimate of drug-likeness (QED) is 0.773. The summed E-state index contributed by atoms with van der Waals surface area (Å²) in [5.41, 5.74) is 1.21. The molecule has 0 radical (unpaired) electrons. The van der Waals surface area contributed by atoms with Crippen LogP contribution in [0.25, 0.3) is 0 Å². The monoisotopic (exact) mass is 344 g/mol. The largest absolute Gasteiger partial charge is 0.494 e. The summed E-state index contributed by atoms with van der Waals surface area (Å²) in [5.74, 6) is 1.60. The van der Waals surface area contributed by atoms with E-state index in [-0.39, 0.29) is 17.7 Å². The molecule has 0 unspecified atom stereocenters. The van der Waals surface area contributed by atoms with E-state index in [1.165, 1.54) is 5.56 Å². The highest BCUT2D eigenvalue weighted by molar-refractivity contribution is 5.82. The smallest absolute Gasteiger partial charge is 0.225 e. The van der Waals surface area contributed by atoms with Crippen molar-refractivity contribution in [2.45, 2.75) is 39.0 Å². The molecule has 0 aromatic heterocycles. The van der Waals surface area contributed by atoms with Gasteiger partial charge in [-0.3, -0.25) is 9.59 Å². The summed E-state index contributed by atoms with van der Waals surface area (Å²) in [7, 11) is 0. The van der Waals surface area contributed by atoms with Gasteiger partial charge in [-0.2, -0.15) is 0 Å². The van der Waals surface area contributed by atoms with Crippen LogP contribution in [0.1, 0.15) is 37.7 Å². The van der Waals surface area contributed by atoms with Crippen molar-refractivity contribution in [3.8, 4) is 5.75 Å². The van der Waals surface area contributed by atoms with Crippen molar-refractivity contribution in [3.63, 3.8) is 0 Å². The van der Waals surface area contributed by atoms with E-state index in [9.17, 15) is 9.59 Å². The van der Waals surface area contributed by atoms with Crippen molar-refractivity contribution in [2.75, 3.05) is 26.2 Å². The second kappa shape index (κ2) is 8.37. The zero-order valence-electron chi connectivity index (χ0n) is 15.0. The van der Waals surface area contributed by atoms with Gasteiger partial charge in [0.2, 0.25) is 11.8 Å². The number of carbonyl (C=O) groups excluding carboxylic acids is 2. The van der Waals surface area contributed by atoms with Crippen LogP contribution in [0.15, 0.2) is 24.3 Å². The summed E-state index contributed by atoms with van der Waals surface area (Å²) in [6, 6.07) is 7.98. The summed E-state index contributed by atoms with van der Waals surface area (Å²) < 4.78 is 5.66. The van der Waals surface area contributed by atoms with Crippen LogP contribution in [0.4, 0.5) is 0 Å². The van der Waals surface area contributed by atoms with E-state index in [0.717, 1.165) is 50.9 Å². The zero-order chi connectivity index (χ0) is 17.6. The lowest BCUT2D eigenvalue weighted by molar-refractivity contribution is -0.136. The molecule has 1 aromatic carbocycles. The van der Waals surface area contributed by atoms with E-state index in [0.29, 0.717) is 19.1 Å². The topological polar surface area (TPSA) is 58.6 Å². The third kappa shape index (κ3) is 5.21. The van der Waals surface area contributed by atoms with Gasteiger partial charge in [0.1, 0.15) is 5.75 Å². The normalized spacial score (nSPS) is 18.0. The predicted molar refractivity (Wildman–Crippen MR) is 96.3 cm³/mol. The van der Waals surface area contributed by atoms with Gasteiger partial charge in [-0.25, -0.2) is 0 Å². The highest BCUT2D eigenvalue weighted by Gasteiger charge is 2.35. The molecule has 1 heterocycles. The molecule has 0 spiro atoms. The molecule has 1 aliphatic heterocycles. The number of hydrogen-bond acceptors (Lipinski definition) is 3. The number of hydrogen-bond donors (Lipinski definition) is 1. The van der Waals surface area contributed by atoms with Crippen molar-refractivity contribution >= 4 is 11.8 Å². The van der Waals surface area contributed by atoms with E-state index < -0.39 is 0 Å². The minimum Gasteiger partial charge on any atom is -0.494 e. The molecule has 1 saturated carbocycles. The standard InChI is InChI=1S/C20H28N2O3/c1-15-3-7-18(8-4-15)25-14-2-11-21-19(23)16-9-12-22(13-10-16)20(24)17-5-6-17/h3-4,7-8,16-17H,2,5-6,9-14H2,1H3,(H,21,23). The molecule has 1 N–H and O–H groups in total. The number of amides is 2. The SMILES string of the molecule is Cc1ccc(OCCCNC(=O)C2CCN(C(=O)C3CC3)CC2)cc1. The zero-order valence-corrected chi connectivity index (χ0v) is 15.0. The van der Waals surface area contributed by atoms with Crippen molar-refractivity contribution < 1.29 is 14.3 Å². The van der Waals surface area contributed by atoms with Gasteiger partial charge in [0, 0.05) is 31.5 Å². The van der Waals surface area contributed by atoms with E-state index >= 15 is 0 Å². The lowest BCUT2D eigenvalue weighted by Crippen LogP contribution is -2.43. The number of aryl methyl sites for hydroxylation is 1. The Morgan fingerprint density at radius 1 is 1.08 bits per heavy atom. The maximum absolute atomic E-state index is 12.2. The summed E-state index contributed by atoms with van der Waals surface area (Å²) in [6.07, 6.45) is 4.45. The van der Waals surface area contributed by atoms with Crippen LogP contribution in [0, 0.1) is 18.8 Å². The number of piperidine rings is 1. The Kier molecular flexibility index (Phi) is 5.95. The Labute approximate surface area is 149 Å². The van der Waals surface area contributed by atoms with Crippen molar-refractivity contribution in [1.29, 1.82) is 0 Å². The van der Waals surface area contributed by atoms with E-state index in [1.54, 1.807) is 0 Å². The number of likely N-dealkylation sites (tertiary alicyclic amines) is 1. The lowest BCUT2D eigenvalue weighted by Gasteiger charge is -2.31. The molecular formula is C20H28N2O3. The molecule has 136 valence electrons. The van der Waals surface area contributed by atoms with E-state index in [2.05, 4.69) is 5.32 Å². The Morgan fingerprint density at radius 3 is 2.40 bits per heavy atom. The summed E-state index contributed by atoms with van der Waals surface area (Å²) in [6.45, 7) is 4.73. The van der Waals surface area contributed by atoms with Gasteiger partial charge in [-0.05, 0) is 51.2 Å². The van der Waals surface area contributed by atoms with Crippen LogP contribution < -0.4 is 10.1 Å². The van der Waals surface area contributed by atoms with Crippen molar-refractivity contribution in [2.24, 2.45) is 11.8 Å². The number of nitrogens with zero attached hydrogens (tertiary/aromatic N) is 1. The number of carbonyl (C=O) groups is 2.